The second-order valence-electron chi connectivity index (χ2n) is 4.04. The van der Waals surface area contributed by atoms with Crippen LogP contribution in [-0.4, -0.2) is 43.1 Å². The van der Waals surface area contributed by atoms with Crippen LogP contribution in [0.5, 0.6) is 5.88 Å². The molecule has 0 fully saturated rings. The van der Waals surface area contributed by atoms with Gasteiger partial charge in [0.15, 0.2) is 0 Å². The molecule has 0 atom stereocenters. The van der Waals surface area contributed by atoms with E-state index in [4.69, 9.17) is 4.74 Å². The van der Waals surface area contributed by atoms with Crippen LogP contribution >= 0.6 is 11.3 Å². The molecule has 0 saturated heterocycles. The van der Waals surface area contributed by atoms with Crippen LogP contribution in [0.3, 0.4) is 0 Å². The second kappa shape index (κ2) is 5.40. The van der Waals surface area contributed by atoms with Crippen molar-refractivity contribution < 1.29 is 9.53 Å². The highest BCUT2D eigenvalue weighted by Gasteiger charge is 2.20. The lowest BCUT2D eigenvalue weighted by Crippen LogP contribution is -2.12. The third-order valence-corrected chi connectivity index (χ3v) is 3.95. The van der Waals surface area contributed by atoms with E-state index in [9.17, 15) is 4.79 Å². The Balaban J connectivity index is 2.01. The summed E-state index contributed by atoms with van der Waals surface area (Å²) < 4.78 is 5.48. The van der Waals surface area contributed by atoms with E-state index in [1.807, 2.05) is 13.8 Å². The lowest BCUT2D eigenvalue weighted by molar-refractivity contribution is 0.102. The fourth-order valence-corrected chi connectivity index (χ4v) is 2.91. The minimum Gasteiger partial charge on any atom is -0.477 e. The van der Waals surface area contributed by atoms with E-state index in [0.29, 0.717) is 22.2 Å². The van der Waals surface area contributed by atoms with Gasteiger partial charge >= 0.3 is 0 Å². The van der Waals surface area contributed by atoms with Crippen molar-refractivity contribution in [1.29, 1.82) is 0 Å². The van der Waals surface area contributed by atoms with Crippen molar-refractivity contribution in [2.24, 2.45) is 0 Å². The van der Waals surface area contributed by atoms with Crippen molar-refractivity contribution in [2.45, 2.75) is 13.8 Å². The predicted octanol–water partition coefficient (Wildman–Crippen LogP) is 1.16. The molecule has 0 aromatic carbocycles. The Morgan fingerprint density at radius 2 is 2.33 bits per heavy atom. The number of aromatic amines is 1. The maximum Gasteiger partial charge on any atom is 0.270 e. The minimum atomic E-state index is -0.320. The molecule has 0 spiro atoms. The van der Waals surface area contributed by atoms with Gasteiger partial charge in [-0.25, -0.2) is 9.97 Å². The number of anilines is 1. The van der Waals surface area contributed by atoms with E-state index in [1.165, 1.54) is 17.7 Å². The predicted molar refractivity (Wildman–Crippen MR) is 75.5 cm³/mol. The summed E-state index contributed by atoms with van der Waals surface area (Å²) >= 11 is 1.26. The van der Waals surface area contributed by atoms with Crippen LogP contribution in [0.2, 0.25) is 0 Å². The molecule has 3 heterocycles. The quantitative estimate of drug-likeness (QED) is 0.742. The molecule has 3 aromatic heterocycles. The first-order valence-electron chi connectivity index (χ1n) is 6.12. The zero-order chi connectivity index (χ0) is 14.8. The van der Waals surface area contributed by atoms with Gasteiger partial charge in [-0.05, 0) is 24.6 Å². The number of carbonyl (C=O) groups is 1. The number of tetrazole rings is 1. The lowest BCUT2D eigenvalue weighted by atomic mass is 10.2. The first kappa shape index (κ1) is 13.4. The molecule has 3 aromatic rings. The summed E-state index contributed by atoms with van der Waals surface area (Å²) in [4.78, 5) is 21.8. The van der Waals surface area contributed by atoms with E-state index in [1.54, 1.807) is 0 Å². The van der Waals surface area contributed by atoms with E-state index in [-0.39, 0.29) is 11.9 Å². The molecular weight excluding hydrogens is 294 g/mol. The van der Waals surface area contributed by atoms with Crippen LogP contribution in [0, 0.1) is 6.92 Å². The molecule has 0 aliphatic rings. The van der Waals surface area contributed by atoms with E-state index < -0.39 is 0 Å². The summed E-state index contributed by atoms with van der Waals surface area (Å²) in [6.07, 6.45) is 1.42. The summed E-state index contributed by atoms with van der Waals surface area (Å²) in [7, 11) is 0. The zero-order valence-electron chi connectivity index (χ0n) is 11.2. The molecule has 2 N–H and O–H groups in total. The Bertz CT molecular complexity index is 783. The summed E-state index contributed by atoms with van der Waals surface area (Å²) in [5, 5.41) is 16.3. The number of ether oxygens (including phenoxy) is 1. The highest BCUT2D eigenvalue weighted by Crippen LogP contribution is 2.34. The fraction of sp³-hybridized carbons (Fsp3) is 0.273. The summed E-state index contributed by atoms with van der Waals surface area (Å²) in [6, 6.07) is 0. The molecule has 108 valence electrons. The van der Waals surface area contributed by atoms with Gasteiger partial charge in [0.2, 0.25) is 5.88 Å². The van der Waals surface area contributed by atoms with Crippen LogP contribution in [0.4, 0.5) is 5.95 Å². The molecule has 0 saturated carbocycles. The van der Waals surface area contributed by atoms with Crippen LogP contribution in [-0.2, 0) is 0 Å². The number of aryl methyl sites for hydroxylation is 1. The first-order valence-corrected chi connectivity index (χ1v) is 6.94. The molecule has 0 bridgehead atoms. The third kappa shape index (κ3) is 2.40. The number of carbonyl (C=O) groups excluding carboxylic acids is 1. The van der Waals surface area contributed by atoms with Gasteiger partial charge in [-0.2, -0.15) is 5.21 Å². The number of aromatic nitrogens is 6. The SMILES string of the molecule is CCOc1ncnc2sc(C(=O)Nc3nn[nH]n3)c(C)c12. The molecule has 10 heteroatoms. The van der Waals surface area contributed by atoms with Gasteiger partial charge in [0.1, 0.15) is 11.2 Å². The number of hydrogen-bond donors (Lipinski definition) is 2. The molecule has 0 aliphatic carbocycles. The molecule has 3 rings (SSSR count). The van der Waals surface area contributed by atoms with Crippen molar-refractivity contribution in [3.8, 4) is 5.88 Å². The zero-order valence-corrected chi connectivity index (χ0v) is 12.1. The largest absolute Gasteiger partial charge is 0.477 e. The van der Waals surface area contributed by atoms with Crippen LogP contribution in [0.1, 0.15) is 22.2 Å². The Kier molecular flexibility index (Phi) is 3.44. The minimum absolute atomic E-state index is 0.118. The number of amides is 1. The lowest BCUT2D eigenvalue weighted by Gasteiger charge is -2.03. The molecular formula is C11H11N7O2S. The van der Waals surface area contributed by atoms with Gasteiger partial charge < -0.3 is 4.74 Å². The number of fused-ring (bicyclic) bond motifs is 1. The third-order valence-electron chi connectivity index (χ3n) is 2.75. The monoisotopic (exact) mass is 305 g/mol. The Morgan fingerprint density at radius 3 is 3.05 bits per heavy atom. The van der Waals surface area contributed by atoms with Crippen LogP contribution in [0.25, 0.3) is 10.2 Å². The summed E-state index contributed by atoms with van der Waals surface area (Å²) in [5.74, 6) is 0.280. The van der Waals surface area contributed by atoms with Crippen molar-refractivity contribution in [3.63, 3.8) is 0 Å². The summed E-state index contributed by atoms with van der Waals surface area (Å²) in [6.45, 7) is 4.20. The van der Waals surface area contributed by atoms with Crippen molar-refractivity contribution in [1.82, 2.24) is 30.6 Å². The van der Waals surface area contributed by atoms with E-state index in [2.05, 4.69) is 35.9 Å². The Morgan fingerprint density at radius 1 is 1.48 bits per heavy atom. The van der Waals surface area contributed by atoms with Gasteiger partial charge in [-0.3, -0.25) is 10.1 Å². The summed E-state index contributed by atoms with van der Waals surface area (Å²) in [5.41, 5.74) is 0.764. The van der Waals surface area contributed by atoms with Crippen molar-refractivity contribution in [3.05, 3.63) is 16.8 Å². The van der Waals surface area contributed by atoms with Gasteiger partial charge in [0.25, 0.3) is 11.9 Å². The van der Waals surface area contributed by atoms with Gasteiger partial charge in [0, 0.05) is 0 Å². The maximum atomic E-state index is 12.3. The normalized spacial score (nSPS) is 10.8. The average molecular weight is 305 g/mol. The number of H-pyrrole nitrogens is 1. The number of nitrogens with zero attached hydrogens (tertiary/aromatic N) is 5. The fourth-order valence-electron chi connectivity index (χ4n) is 1.88. The second-order valence-corrected chi connectivity index (χ2v) is 5.04. The number of thiophene rings is 1. The standard InChI is InChI=1S/C11H11N7O2S/c1-3-20-9-6-5(2)7(21-10(6)13-4-12-9)8(19)14-11-15-17-18-16-11/h4H,3H2,1-2H3,(H2,14,15,16,17,18,19). The Labute approximate surface area is 122 Å². The van der Waals surface area contributed by atoms with E-state index in [0.717, 1.165) is 10.9 Å². The maximum absolute atomic E-state index is 12.3. The molecule has 21 heavy (non-hydrogen) atoms. The highest BCUT2D eigenvalue weighted by atomic mass is 32.1. The Hall–Kier alpha value is -2.62. The van der Waals surface area contributed by atoms with Crippen molar-refractivity contribution >= 4 is 33.4 Å². The first-order chi connectivity index (χ1) is 10.2. The number of hydrogen-bond acceptors (Lipinski definition) is 8. The highest BCUT2D eigenvalue weighted by molar-refractivity contribution is 7.20. The molecule has 9 nitrogen and oxygen atoms in total. The van der Waals surface area contributed by atoms with Crippen molar-refractivity contribution in [2.75, 3.05) is 11.9 Å². The molecule has 1 amide bonds. The van der Waals surface area contributed by atoms with Gasteiger partial charge in [-0.1, -0.05) is 5.10 Å². The van der Waals surface area contributed by atoms with Gasteiger partial charge in [-0.15, -0.1) is 16.4 Å². The smallest absolute Gasteiger partial charge is 0.270 e. The molecule has 0 aliphatic heterocycles. The number of nitrogens with one attached hydrogen (secondary N) is 2. The number of rotatable bonds is 4. The average Bonchev–Trinajstić information content (AvgIpc) is 3.08. The molecule has 0 unspecified atom stereocenters. The molecule has 0 radical (unpaired) electrons. The van der Waals surface area contributed by atoms with E-state index >= 15 is 0 Å². The topological polar surface area (TPSA) is 119 Å². The van der Waals surface area contributed by atoms with Crippen LogP contribution < -0.4 is 10.1 Å². The van der Waals surface area contributed by atoms with Gasteiger partial charge in [0.05, 0.1) is 16.9 Å². The van der Waals surface area contributed by atoms with Crippen LogP contribution in [0.15, 0.2) is 6.33 Å².